The van der Waals surface area contributed by atoms with E-state index in [-0.39, 0.29) is 0 Å². The third-order valence-corrected chi connectivity index (χ3v) is 8.19. The molecular formula is C15H24OS. The van der Waals surface area contributed by atoms with E-state index in [0.29, 0.717) is 0 Å². The molecule has 1 aromatic carbocycles. The molecule has 0 unspecified atom stereocenters. The maximum Gasteiger partial charge on any atom is 0.118 e. The fourth-order valence-electron chi connectivity index (χ4n) is 2.16. The predicted octanol–water partition coefficient (Wildman–Crippen LogP) is 4.53. The summed E-state index contributed by atoms with van der Waals surface area (Å²) in [5, 5.41) is 0. The molecule has 2 heteroatoms. The lowest BCUT2D eigenvalue weighted by Gasteiger charge is -2.39. The fraction of sp³-hybridized carbons (Fsp3) is 0.467. The van der Waals surface area contributed by atoms with E-state index in [4.69, 9.17) is 4.74 Å². The summed E-state index contributed by atoms with van der Waals surface area (Å²) in [7, 11) is 1.00. The average molecular weight is 252 g/mol. The van der Waals surface area contributed by atoms with E-state index in [0.717, 1.165) is 5.75 Å². The number of ether oxygens (including phenoxy) is 1. The van der Waals surface area contributed by atoms with Gasteiger partial charge < -0.3 is 4.74 Å². The van der Waals surface area contributed by atoms with Crippen molar-refractivity contribution in [3.8, 4) is 5.75 Å². The van der Waals surface area contributed by atoms with Crippen molar-refractivity contribution in [3.63, 3.8) is 0 Å². The molecule has 0 saturated heterocycles. The molecule has 0 aromatic heterocycles. The van der Waals surface area contributed by atoms with Gasteiger partial charge in [-0.2, -0.15) is 0 Å². The molecule has 0 atom stereocenters. The molecule has 0 aliphatic rings. The minimum atomic E-state index is -0.697. The quantitative estimate of drug-likeness (QED) is 0.722. The maximum absolute atomic E-state index is 5.19. The Hall–Kier alpha value is -0.890. The standard InChI is InChI=1S/C15H24OS/c1-6-17(7-2,8-3)13(4)14-9-11-15(16-5)12-10-14/h9-12H,4,6-8H2,1-3,5H3. The molecule has 0 N–H and O–H groups in total. The zero-order valence-electron chi connectivity index (χ0n) is 11.5. The van der Waals surface area contributed by atoms with Gasteiger partial charge in [-0.1, -0.05) is 39.5 Å². The van der Waals surface area contributed by atoms with Crippen LogP contribution >= 0.6 is 10.0 Å². The van der Waals surface area contributed by atoms with Gasteiger partial charge >= 0.3 is 0 Å². The zero-order chi connectivity index (χ0) is 12.9. The Kier molecular flexibility index (Phi) is 5.13. The van der Waals surface area contributed by atoms with Crippen molar-refractivity contribution in [1.29, 1.82) is 0 Å². The Bertz CT molecular complexity index is 355. The van der Waals surface area contributed by atoms with Gasteiger partial charge in [0.1, 0.15) is 5.75 Å². The Morgan fingerprint density at radius 2 is 1.53 bits per heavy atom. The molecule has 1 rings (SSSR count). The smallest absolute Gasteiger partial charge is 0.118 e. The van der Waals surface area contributed by atoms with Crippen molar-refractivity contribution < 1.29 is 4.74 Å². The Morgan fingerprint density at radius 3 is 1.88 bits per heavy atom. The highest BCUT2D eigenvalue weighted by molar-refractivity contribution is 8.40. The van der Waals surface area contributed by atoms with Crippen LogP contribution in [-0.4, -0.2) is 24.4 Å². The molecule has 0 saturated carbocycles. The van der Waals surface area contributed by atoms with E-state index in [9.17, 15) is 0 Å². The third kappa shape index (κ3) is 2.86. The fourth-order valence-corrected chi connectivity index (χ4v) is 5.07. The van der Waals surface area contributed by atoms with Gasteiger partial charge in [-0.3, -0.25) is 0 Å². The summed E-state index contributed by atoms with van der Waals surface area (Å²) in [6.07, 6.45) is 0. The van der Waals surface area contributed by atoms with Gasteiger partial charge in [-0.05, 0) is 39.9 Å². The molecule has 0 amide bonds. The summed E-state index contributed by atoms with van der Waals surface area (Å²) in [5.74, 6) is 4.59. The number of benzene rings is 1. The van der Waals surface area contributed by atoms with Gasteiger partial charge in [-0.25, -0.2) is 10.0 Å². The first-order chi connectivity index (χ1) is 8.13. The lowest BCUT2D eigenvalue weighted by Crippen LogP contribution is -2.10. The van der Waals surface area contributed by atoms with Crippen LogP contribution in [0.15, 0.2) is 30.8 Å². The molecule has 0 fully saturated rings. The van der Waals surface area contributed by atoms with Crippen LogP contribution in [0.4, 0.5) is 0 Å². The van der Waals surface area contributed by atoms with E-state index >= 15 is 0 Å². The first-order valence-corrected chi connectivity index (χ1v) is 8.37. The highest BCUT2D eigenvalue weighted by atomic mass is 32.3. The van der Waals surface area contributed by atoms with E-state index in [1.165, 1.54) is 27.7 Å². The monoisotopic (exact) mass is 252 g/mol. The van der Waals surface area contributed by atoms with Crippen LogP contribution in [0, 0.1) is 0 Å². The van der Waals surface area contributed by atoms with Crippen LogP contribution in [0.3, 0.4) is 0 Å². The van der Waals surface area contributed by atoms with Crippen molar-refractivity contribution in [3.05, 3.63) is 36.4 Å². The normalized spacial score (nSPS) is 12.2. The van der Waals surface area contributed by atoms with Crippen LogP contribution in [-0.2, 0) is 0 Å². The SMILES string of the molecule is C=C(c1ccc(OC)cc1)S(CC)(CC)CC. The minimum Gasteiger partial charge on any atom is -0.497 e. The summed E-state index contributed by atoms with van der Waals surface area (Å²) >= 11 is 0. The first-order valence-electron chi connectivity index (χ1n) is 6.23. The van der Waals surface area contributed by atoms with Gasteiger partial charge in [0.15, 0.2) is 0 Å². The van der Waals surface area contributed by atoms with Crippen molar-refractivity contribution in [1.82, 2.24) is 0 Å². The zero-order valence-corrected chi connectivity index (χ0v) is 12.3. The summed E-state index contributed by atoms with van der Waals surface area (Å²) < 4.78 is 5.19. The van der Waals surface area contributed by atoms with Gasteiger partial charge in [0.25, 0.3) is 0 Å². The predicted molar refractivity (Wildman–Crippen MR) is 81.2 cm³/mol. The van der Waals surface area contributed by atoms with Crippen molar-refractivity contribution in [2.24, 2.45) is 0 Å². The molecule has 1 aromatic rings. The highest BCUT2D eigenvalue weighted by Crippen LogP contribution is 2.58. The summed E-state index contributed by atoms with van der Waals surface area (Å²) in [5.41, 5.74) is 1.27. The highest BCUT2D eigenvalue weighted by Gasteiger charge is 2.22. The number of rotatable bonds is 6. The summed E-state index contributed by atoms with van der Waals surface area (Å²) in [4.78, 5) is 1.34. The van der Waals surface area contributed by atoms with Crippen LogP contribution < -0.4 is 4.74 Å². The summed E-state index contributed by atoms with van der Waals surface area (Å²) in [6, 6.07) is 8.30. The van der Waals surface area contributed by atoms with Gasteiger partial charge in [0.05, 0.1) is 7.11 Å². The lowest BCUT2D eigenvalue weighted by molar-refractivity contribution is 0.415. The number of hydrogen-bond acceptors (Lipinski definition) is 1. The van der Waals surface area contributed by atoms with E-state index < -0.39 is 10.0 Å². The van der Waals surface area contributed by atoms with Crippen LogP contribution in [0.5, 0.6) is 5.75 Å². The minimum absolute atomic E-state index is 0.697. The van der Waals surface area contributed by atoms with Crippen LogP contribution in [0.25, 0.3) is 4.91 Å². The largest absolute Gasteiger partial charge is 0.497 e. The van der Waals surface area contributed by atoms with Crippen LogP contribution in [0.1, 0.15) is 26.3 Å². The molecule has 96 valence electrons. The number of hydrogen-bond donors (Lipinski definition) is 0. The lowest BCUT2D eigenvalue weighted by atomic mass is 10.2. The average Bonchev–Trinajstić information content (AvgIpc) is 2.41. The molecule has 1 nitrogen and oxygen atoms in total. The second-order valence-electron chi connectivity index (χ2n) is 4.06. The van der Waals surface area contributed by atoms with Crippen molar-refractivity contribution in [2.75, 3.05) is 24.4 Å². The van der Waals surface area contributed by atoms with E-state index in [1.54, 1.807) is 7.11 Å². The Balaban J connectivity index is 3.01. The number of methoxy groups -OCH3 is 1. The second-order valence-corrected chi connectivity index (χ2v) is 8.38. The van der Waals surface area contributed by atoms with Gasteiger partial charge in [0.2, 0.25) is 0 Å². The van der Waals surface area contributed by atoms with Gasteiger partial charge in [0, 0.05) is 0 Å². The van der Waals surface area contributed by atoms with E-state index in [2.05, 4.69) is 39.5 Å². The molecule has 0 radical (unpaired) electrons. The molecule has 0 bridgehead atoms. The van der Waals surface area contributed by atoms with Crippen LogP contribution in [0.2, 0.25) is 0 Å². The molecule has 17 heavy (non-hydrogen) atoms. The molecule has 0 heterocycles. The first kappa shape index (κ1) is 14.2. The second kappa shape index (κ2) is 6.15. The molecule has 0 aliphatic heterocycles. The Morgan fingerprint density at radius 1 is 1.06 bits per heavy atom. The van der Waals surface area contributed by atoms with E-state index in [1.807, 2.05) is 12.1 Å². The molecule has 0 spiro atoms. The third-order valence-electron chi connectivity index (χ3n) is 3.59. The summed E-state index contributed by atoms with van der Waals surface area (Å²) in [6.45, 7) is 11.2. The van der Waals surface area contributed by atoms with Gasteiger partial charge in [-0.15, -0.1) is 0 Å². The molecule has 0 aliphatic carbocycles. The Labute approximate surface area is 107 Å². The maximum atomic E-state index is 5.19. The van der Waals surface area contributed by atoms with Crippen molar-refractivity contribution >= 4 is 14.9 Å². The van der Waals surface area contributed by atoms with Crippen molar-refractivity contribution in [2.45, 2.75) is 20.8 Å². The topological polar surface area (TPSA) is 9.23 Å². The molecular weight excluding hydrogens is 228 g/mol.